The second kappa shape index (κ2) is 6.84. The maximum Gasteiger partial charge on any atom is 0.329 e. The zero-order valence-corrected chi connectivity index (χ0v) is 15.0. The Morgan fingerprint density at radius 2 is 1.93 bits per heavy atom. The van der Waals surface area contributed by atoms with Gasteiger partial charge in [-0.05, 0) is 31.0 Å². The monoisotopic (exact) mass is 373 g/mol. The van der Waals surface area contributed by atoms with E-state index in [4.69, 9.17) is 4.74 Å². The van der Waals surface area contributed by atoms with Crippen molar-refractivity contribution in [1.29, 1.82) is 0 Å². The molecule has 4 rings (SSSR count). The van der Waals surface area contributed by atoms with Crippen molar-refractivity contribution in [2.75, 3.05) is 13.2 Å². The van der Waals surface area contributed by atoms with E-state index in [0.29, 0.717) is 24.3 Å². The lowest BCUT2D eigenvalue weighted by molar-refractivity contribution is -0.148. The molecule has 2 aromatic rings. The SMILES string of the molecule is O=C(NC1(C(=O)O)CCOCC1)c1ccc2c(c1)[nH]c(=O)n2C1CCCC1. The van der Waals surface area contributed by atoms with Crippen LogP contribution in [-0.4, -0.2) is 45.3 Å². The number of carboxylic acid groups (broad SMARTS) is 1. The summed E-state index contributed by atoms with van der Waals surface area (Å²) in [6.07, 6.45) is 4.66. The van der Waals surface area contributed by atoms with Gasteiger partial charge in [0.1, 0.15) is 5.54 Å². The maximum absolute atomic E-state index is 12.7. The summed E-state index contributed by atoms with van der Waals surface area (Å²) >= 11 is 0. The topological polar surface area (TPSA) is 113 Å². The van der Waals surface area contributed by atoms with Gasteiger partial charge in [0, 0.05) is 37.7 Å². The van der Waals surface area contributed by atoms with Gasteiger partial charge < -0.3 is 20.1 Å². The molecule has 0 radical (unpaired) electrons. The first kappa shape index (κ1) is 17.8. The summed E-state index contributed by atoms with van der Waals surface area (Å²) in [7, 11) is 0. The van der Waals surface area contributed by atoms with Gasteiger partial charge in [-0.2, -0.15) is 0 Å². The normalized spacial score (nSPS) is 20.0. The molecule has 2 aliphatic rings. The average molecular weight is 373 g/mol. The third-order valence-corrected chi connectivity index (χ3v) is 5.78. The fourth-order valence-electron chi connectivity index (χ4n) is 4.20. The van der Waals surface area contributed by atoms with Crippen LogP contribution < -0.4 is 11.0 Å². The number of imidazole rings is 1. The maximum atomic E-state index is 12.7. The van der Waals surface area contributed by atoms with E-state index in [2.05, 4.69) is 10.3 Å². The Morgan fingerprint density at radius 1 is 1.22 bits per heavy atom. The summed E-state index contributed by atoms with van der Waals surface area (Å²) in [6.45, 7) is 0.590. The molecule has 1 saturated heterocycles. The number of benzene rings is 1. The first-order valence-electron chi connectivity index (χ1n) is 9.38. The predicted molar refractivity (Wildman–Crippen MR) is 97.9 cm³/mol. The number of H-pyrrole nitrogens is 1. The average Bonchev–Trinajstić information content (AvgIpc) is 3.28. The van der Waals surface area contributed by atoms with Crippen LogP contribution in [0.3, 0.4) is 0 Å². The van der Waals surface area contributed by atoms with Gasteiger partial charge in [0.2, 0.25) is 0 Å². The first-order chi connectivity index (χ1) is 13.0. The molecule has 0 spiro atoms. The molecule has 1 aromatic carbocycles. The highest BCUT2D eigenvalue weighted by molar-refractivity contribution is 6.00. The van der Waals surface area contributed by atoms with Gasteiger partial charge in [-0.15, -0.1) is 0 Å². The molecule has 1 aliphatic heterocycles. The van der Waals surface area contributed by atoms with Crippen LogP contribution in [0.5, 0.6) is 0 Å². The Balaban J connectivity index is 1.63. The Hall–Kier alpha value is -2.61. The minimum absolute atomic E-state index is 0.166. The second-order valence-corrected chi connectivity index (χ2v) is 7.42. The Kier molecular flexibility index (Phi) is 4.51. The summed E-state index contributed by atoms with van der Waals surface area (Å²) in [5, 5.41) is 12.3. The van der Waals surface area contributed by atoms with E-state index in [9.17, 15) is 19.5 Å². The molecule has 1 amide bonds. The molecule has 0 bridgehead atoms. The second-order valence-electron chi connectivity index (χ2n) is 7.42. The minimum Gasteiger partial charge on any atom is -0.480 e. The van der Waals surface area contributed by atoms with Crippen molar-refractivity contribution in [3.8, 4) is 0 Å². The molecule has 8 nitrogen and oxygen atoms in total. The largest absolute Gasteiger partial charge is 0.480 e. The standard InChI is InChI=1S/C19H23N3O5/c23-16(21-19(17(24)25)7-9-27-10-8-19)12-5-6-15-14(11-12)20-18(26)22(15)13-3-1-2-4-13/h5-6,11,13H,1-4,7-10H2,(H,20,26)(H,21,23)(H,24,25). The van der Waals surface area contributed by atoms with Crippen molar-refractivity contribution in [2.24, 2.45) is 0 Å². The number of amides is 1. The molecule has 1 aromatic heterocycles. The van der Waals surface area contributed by atoms with E-state index >= 15 is 0 Å². The highest BCUT2D eigenvalue weighted by atomic mass is 16.5. The van der Waals surface area contributed by atoms with Gasteiger partial charge in [-0.25, -0.2) is 9.59 Å². The number of hydrogen-bond donors (Lipinski definition) is 3. The van der Waals surface area contributed by atoms with Crippen LogP contribution in [0.25, 0.3) is 11.0 Å². The van der Waals surface area contributed by atoms with Crippen molar-refractivity contribution < 1.29 is 19.4 Å². The lowest BCUT2D eigenvalue weighted by Gasteiger charge is -2.33. The summed E-state index contributed by atoms with van der Waals surface area (Å²) in [5.41, 5.74) is 0.224. The van der Waals surface area contributed by atoms with Gasteiger partial charge >= 0.3 is 11.7 Å². The van der Waals surface area contributed by atoms with Crippen LogP contribution in [0, 0.1) is 0 Å². The van der Waals surface area contributed by atoms with E-state index in [0.717, 1.165) is 31.2 Å². The lowest BCUT2D eigenvalue weighted by Crippen LogP contribution is -2.57. The number of carboxylic acids is 1. The van der Waals surface area contributed by atoms with E-state index < -0.39 is 17.4 Å². The molecular weight excluding hydrogens is 350 g/mol. The smallest absolute Gasteiger partial charge is 0.329 e. The molecule has 144 valence electrons. The third-order valence-electron chi connectivity index (χ3n) is 5.78. The van der Waals surface area contributed by atoms with Crippen molar-refractivity contribution >= 4 is 22.9 Å². The number of aromatic nitrogens is 2. The van der Waals surface area contributed by atoms with Crippen LogP contribution in [0.15, 0.2) is 23.0 Å². The molecular formula is C19H23N3O5. The summed E-state index contributed by atoms with van der Waals surface area (Å²) in [6, 6.07) is 5.22. The van der Waals surface area contributed by atoms with Gasteiger partial charge in [-0.3, -0.25) is 9.36 Å². The predicted octanol–water partition coefficient (Wildman–Crippen LogP) is 1.81. The van der Waals surface area contributed by atoms with Crippen LogP contribution in [-0.2, 0) is 9.53 Å². The molecule has 2 fully saturated rings. The molecule has 0 atom stereocenters. The third kappa shape index (κ3) is 3.14. The van der Waals surface area contributed by atoms with Crippen molar-refractivity contribution in [1.82, 2.24) is 14.9 Å². The summed E-state index contributed by atoms with van der Waals surface area (Å²) in [5.74, 6) is -1.52. The highest BCUT2D eigenvalue weighted by Crippen LogP contribution is 2.31. The molecule has 27 heavy (non-hydrogen) atoms. The van der Waals surface area contributed by atoms with Crippen LogP contribution in [0.1, 0.15) is 54.9 Å². The number of carbonyl (C=O) groups excluding carboxylic acids is 1. The van der Waals surface area contributed by atoms with E-state index in [1.807, 2.05) is 0 Å². The van der Waals surface area contributed by atoms with Crippen molar-refractivity contribution in [3.63, 3.8) is 0 Å². The molecule has 1 saturated carbocycles. The van der Waals surface area contributed by atoms with Crippen LogP contribution >= 0.6 is 0 Å². The number of rotatable bonds is 4. The zero-order chi connectivity index (χ0) is 19.0. The van der Waals surface area contributed by atoms with Gasteiger partial charge in [-0.1, -0.05) is 12.8 Å². The number of carbonyl (C=O) groups is 2. The van der Waals surface area contributed by atoms with Crippen LogP contribution in [0.2, 0.25) is 0 Å². The number of nitrogens with zero attached hydrogens (tertiary/aromatic N) is 1. The number of ether oxygens (including phenoxy) is 1. The Labute approximate surface area is 155 Å². The van der Waals surface area contributed by atoms with Gasteiger partial charge in [0.25, 0.3) is 5.91 Å². The number of nitrogens with one attached hydrogen (secondary N) is 2. The molecule has 0 unspecified atom stereocenters. The van der Waals surface area contributed by atoms with E-state index in [1.54, 1.807) is 22.8 Å². The molecule has 3 N–H and O–H groups in total. The summed E-state index contributed by atoms with van der Waals surface area (Å²) < 4.78 is 7.01. The fourth-order valence-corrected chi connectivity index (χ4v) is 4.20. The van der Waals surface area contributed by atoms with Gasteiger partial charge in [0.15, 0.2) is 0 Å². The van der Waals surface area contributed by atoms with Crippen molar-refractivity contribution in [3.05, 3.63) is 34.2 Å². The number of hydrogen-bond acceptors (Lipinski definition) is 4. The number of aliphatic carboxylic acids is 1. The van der Waals surface area contributed by atoms with E-state index in [-0.39, 0.29) is 24.6 Å². The number of fused-ring (bicyclic) bond motifs is 1. The quantitative estimate of drug-likeness (QED) is 0.756. The highest BCUT2D eigenvalue weighted by Gasteiger charge is 2.41. The zero-order valence-electron chi connectivity index (χ0n) is 15.0. The summed E-state index contributed by atoms with van der Waals surface area (Å²) in [4.78, 5) is 39.6. The lowest BCUT2D eigenvalue weighted by atomic mass is 9.89. The minimum atomic E-state index is -1.31. The van der Waals surface area contributed by atoms with Crippen molar-refractivity contribution in [2.45, 2.75) is 50.1 Å². The molecule has 1 aliphatic carbocycles. The number of aromatic amines is 1. The molecule has 2 heterocycles. The fraction of sp³-hybridized carbons (Fsp3) is 0.526. The first-order valence-corrected chi connectivity index (χ1v) is 9.38. The van der Waals surface area contributed by atoms with Crippen LogP contribution in [0.4, 0.5) is 0 Å². The molecule has 8 heteroatoms. The van der Waals surface area contributed by atoms with Gasteiger partial charge in [0.05, 0.1) is 11.0 Å². The Morgan fingerprint density at radius 3 is 2.59 bits per heavy atom. The Bertz CT molecular complexity index is 932. The van der Waals surface area contributed by atoms with E-state index in [1.165, 1.54) is 0 Å².